The standard InChI is InChI=1S/C16H9ClFNO2S2/c17-12-7-9(1-6-13(12)20)8-14-15(21)19(16(22)23-14)11-4-2-10(18)3-5-11/h1-8,20H/b14-8-. The molecule has 1 amide bonds. The molecule has 1 heterocycles. The summed E-state index contributed by atoms with van der Waals surface area (Å²) >= 11 is 12.3. The van der Waals surface area contributed by atoms with Crippen LogP contribution in [0.4, 0.5) is 10.1 Å². The van der Waals surface area contributed by atoms with Gasteiger partial charge in [0.2, 0.25) is 0 Å². The molecule has 0 radical (unpaired) electrons. The highest BCUT2D eigenvalue weighted by Crippen LogP contribution is 2.36. The summed E-state index contributed by atoms with van der Waals surface area (Å²) in [6, 6.07) is 10.2. The highest BCUT2D eigenvalue weighted by Gasteiger charge is 2.33. The lowest BCUT2D eigenvalue weighted by Gasteiger charge is -2.14. The molecule has 0 aliphatic carbocycles. The molecule has 1 aliphatic heterocycles. The summed E-state index contributed by atoms with van der Waals surface area (Å²) in [5.41, 5.74) is 1.19. The van der Waals surface area contributed by atoms with Gasteiger partial charge in [-0.15, -0.1) is 0 Å². The van der Waals surface area contributed by atoms with E-state index in [0.717, 1.165) is 11.8 Å². The summed E-state index contributed by atoms with van der Waals surface area (Å²) in [5, 5.41) is 9.63. The van der Waals surface area contributed by atoms with Crippen molar-refractivity contribution in [3.05, 3.63) is 63.8 Å². The van der Waals surface area contributed by atoms with Crippen molar-refractivity contribution in [3.63, 3.8) is 0 Å². The fraction of sp³-hybridized carbons (Fsp3) is 0. The zero-order chi connectivity index (χ0) is 16.6. The van der Waals surface area contributed by atoms with Crippen LogP contribution in [0.5, 0.6) is 5.75 Å². The average molecular weight is 366 g/mol. The number of carbonyl (C=O) groups is 1. The largest absolute Gasteiger partial charge is 0.506 e. The van der Waals surface area contributed by atoms with Crippen LogP contribution >= 0.6 is 35.6 Å². The Labute approximate surface area is 146 Å². The fourth-order valence-corrected chi connectivity index (χ4v) is 3.53. The SMILES string of the molecule is O=C1/C(=C/c2ccc(O)c(Cl)c2)SC(=S)N1c1ccc(F)cc1. The predicted molar refractivity (Wildman–Crippen MR) is 95.2 cm³/mol. The molecule has 1 saturated heterocycles. The topological polar surface area (TPSA) is 40.5 Å². The molecule has 1 fully saturated rings. The third-order valence-corrected chi connectivity index (χ3v) is 4.75. The van der Waals surface area contributed by atoms with E-state index in [1.807, 2.05) is 0 Å². The number of amides is 1. The Morgan fingerprint density at radius 2 is 1.91 bits per heavy atom. The number of rotatable bonds is 2. The number of thioether (sulfide) groups is 1. The van der Waals surface area contributed by atoms with Gasteiger partial charge >= 0.3 is 0 Å². The molecule has 2 aromatic rings. The summed E-state index contributed by atoms with van der Waals surface area (Å²) in [6.45, 7) is 0. The Morgan fingerprint density at radius 3 is 2.57 bits per heavy atom. The van der Waals surface area contributed by atoms with Crippen LogP contribution in [0.3, 0.4) is 0 Å². The number of anilines is 1. The normalized spacial score (nSPS) is 16.4. The first-order valence-electron chi connectivity index (χ1n) is 6.48. The number of carbonyl (C=O) groups excluding carboxylic acids is 1. The van der Waals surface area contributed by atoms with Gasteiger partial charge < -0.3 is 5.11 Å². The summed E-state index contributed by atoms with van der Waals surface area (Å²) < 4.78 is 13.4. The van der Waals surface area contributed by atoms with Crippen LogP contribution in [-0.4, -0.2) is 15.3 Å². The molecule has 3 nitrogen and oxygen atoms in total. The van der Waals surface area contributed by atoms with Crippen molar-refractivity contribution in [1.29, 1.82) is 0 Å². The van der Waals surface area contributed by atoms with Crippen molar-refractivity contribution in [1.82, 2.24) is 0 Å². The first kappa shape index (κ1) is 16.0. The van der Waals surface area contributed by atoms with E-state index in [-0.39, 0.29) is 22.5 Å². The number of halogens is 2. The Hall–Kier alpha value is -1.89. The lowest BCUT2D eigenvalue weighted by atomic mass is 10.2. The maximum atomic E-state index is 13.0. The number of hydrogen-bond donors (Lipinski definition) is 1. The zero-order valence-corrected chi connectivity index (χ0v) is 13.9. The van der Waals surface area contributed by atoms with Crippen molar-refractivity contribution < 1.29 is 14.3 Å². The smallest absolute Gasteiger partial charge is 0.270 e. The number of nitrogens with zero attached hydrogens (tertiary/aromatic N) is 1. The van der Waals surface area contributed by atoms with Gasteiger partial charge in [0.25, 0.3) is 5.91 Å². The van der Waals surface area contributed by atoms with E-state index in [2.05, 4.69) is 0 Å². The quantitative estimate of drug-likeness (QED) is 0.624. The highest BCUT2D eigenvalue weighted by atomic mass is 35.5. The molecule has 0 unspecified atom stereocenters. The Balaban J connectivity index is 1.92. The molecule has 1 aliphatic rings. The lowest BCUT2D eigenvalue weighted by Crippen LogP contribution is -2.27. The first-order chi connectivity index (χ1) is 11.0. The Bertz CT molecular complexity index is 836. The second kappa shape index (κ2) is 6.31. The molecule has 2 aromatic carbocycles. The van der Waals surface area contributed by atoms with Crippen LogP contribution in [0.1, 0.15) is 5.56 Å². The van der Waals surface area contributed by atoms with Gasteiger partial charge in [0.1, 0.15) is 11.6 Å². The van der Waals surface area contributed by atoms with Gasteiger partial charge in [0, 0.05) is 0 Å². The molecule has 3 rings (SSSR count). The van der Waals surface area contributed by atoms with Crippen molar-refractivity contribution in [3.8, 4) is 5.75 Å². The summed E-state index contributed by atoms with van der Waals surface area (Å²) in [4.78, 5) is 14.3. The fourth-order valence-electron chi connectivity index (χ4n) is 2.04. The molecule has 23 heavy (non-hydrogen) atoms. The number of phenols is 1. The van der Waals surface area contributed by atoms with E-state index in [0.29, 0.717) is 20.5 Å². The van der Waals surface area contributed by atoms with Crippen LogP contribution in [0, 0.1) is 5.82 Å². The molecule has 0 spiro atoms. The lowest BCUT2D eigenvalue weighted by molar-refractivity contribution is -0.113. The molecule has 0 saturated carbocycles. The molecule has 0 bridgehead atoms. The minimum atomic E-state index is -0.381. The predicted octanol–water partition coefficient (Wildman–Crippen LogP) is 4.59. The number of hydrogen-bond acceptors (Lipinski definition) is 4. The van der Waals surface area contributed by atoms with Gasteiger partial charge in [-0.1, -0.05) is 41.6 Å². The van der Waals surface area contributed by atoms with Gasteiger partial charge in [-0.2, -0.15) is 0 Å². The minimum Gasteiger partial charge on any atom is -0.506 e. The van der Waals surface area contributed by atoms with Gasteiger partial charge in [-0.05, 0) is 48.0 Å². The maximum Gasteiger partial charge on any atom is 0.270 e. The first-order valence-corrected chi connectivity index (χ1v) is 8.08. The van der Waals surface area contributed by atoms with Crippen LogP contribution in [-0.2, 0) is 4.79 Å². The van der Waals surface area contributed by atoms with Crippen molar-refractivity contribution in [2.75, 3.05) is 4.90 Å². The van der Waals surface area contributed by atoms with E-state index in [9.17, 15) is 14.3 Å². The number of thiocarbonyl (C=S) groups is 1. The molecule has 0 atom stereocenters. The van der Waals surface area contributed by atoms with Crippen molar-refractivity contribution >= 4 is 57.6 Å². The number of benzene rings is 2. The molecule has 7 heteroatoms. The highest BCUT2D eigenvalue weighted by molar-refractivity contribution is 8.27. The maximum absolute atomic E-state index is 13.0. The van der Waals surface area contributed by atoms with Gasteiger partial charge in [-0.25, -0.2) is 4.39 Å². The second-order valence-corrected chi connectivity index (χ2v) is 6.79. The summed E-state index contributed by atoms with van der Waals surface area (Å²) in [6.07, 6.45) is 1.65. The van der Waals surface area contributed by atoms with Crippen LogP contribution in [0.2, 0.25) is 5.02 Å². The molecular formula is C16H9ClFNO2S2. The Morgan fingerprint density at radius 1 is 1.22 bits per heavy atom. The van der Waals surface area contributed by atoms with E-state index in [1.54, 1.807) is 18.2 Å². The van der Waals surface area contributed by atoms with Crippen LogP contribution in [0.15, 0.2) is 47.4 Å². The van der Waals surface area contributed by atoms with Crippen molar-refractivity contribution in [2.45, 2.75) is 0 Å². The van der Waals surface area contributed by atoms with Crippen LogP contribution < -0.4 is 4.90 Å². The Kier molecular flexibility index (Phi) is 4.39. The molecule has 1 N–H and O–H groups in total. The summed E-state index contributed by atoms with van der Waals surface area (Å²) in [7, 11) is 0. The second-order valence-electron chi connectivity index (χ2n) is 4.70. The zero-order valence-electron chi connectivity index (χ0n) is 11.5. The minimum absolute atomic E-state index is 0.0253. The number of phenolic OH excluding ortho intramolecular Hbond substituents is 1. The average Bonchev–Trinajstić information content (AvgIpc) is 2.79. The van der Waals surface area contributed by atoms with E-state index < -0.39 is 0 Å². The van der Waals surface area contributed by atoms with Gasteiger partial charge in [-0.3, -0.25) is 9.69 Å². The van der Waals surface area contributed by atoms with E-state index in [1.165, 1.54) is 35.2 Å². The molecular weight excluding hydrogens is 357 g/mol. The van der Waals surface area contributed by atoms with Gasteiger partial charge in [0.15, 0.2) is 4.32 Å². The molecule has 116 valence electrons. The van der Waals surface area contributed by atoms with E-state index in [4.69, 9.17) is 23.8 Å². The van der Waals surface area contributed by atoms with Crippen molar-refractivity contribution in [2.24, 2.45) is 0 Å². The third-order valence-electron chi connectivity index (χ3n) is 3.15. The van der Waals surface area contributed by atoms with Gasteiger partial charge in [0.05, 0.1) is 15.6 Å². The summed E-state index contributed by atoms with van der Waals surface area (Å²) in [5.74, 6) is -0.688. The van der Waals surface area contributed by atoms with Crippen LogP contribution in [0.25, 0.3) is 6.08 Å². The van der Waals surface area contributed by atoms with E-state index >= 15 is 0 Å². The number of aromatic hydroxyl groups is 1. The monoisotopic (exact) mass is 365 g/mol. The third kappa shape index (κ3) is 3.24. The molecule has 0 aromatic heterocycles.